The molecule has 0 fully saturated rings. The molecule has 2 N–H and O–H groups in total. The summed E-state index contributed by atoms with van der Waals surface area (Å²) < 4.78 is 18.5. The molecule has 0 aliphatic heterocycles. The van der Waals surface area contributed by atoms with E-state index in [-0.39, 0.29) is 5.69 Å². The molecule has 1 aromatic carbocycles. The van der Waals surface area contributed by atoms with Crippen molar-refractivity contribution in [1.29, 1.82) is 0 Å². The molecule has 14 heavy (non-hydrogen) atoms. The van der Waals surface area contributed by atoms with Gasteiger partial charge in [-0.2, -0.15) is 0 Å². The van der Waals surface area contributed by atoms with Gasteiger partial charge in [0.15, 0.2) is 10.9 Å². The van der Waals surface area contributed by atoms with E-state index in [1.54, 1.807) is 12.1 Å². The maximum atomic E-state index is 10.1. The van der Waals surface area contributed by atoms with Crippen LogP contribution in [0.4, 0.5) is 5.69 Å². The quantitative estimate of drug-likeness (QED) is 0.452. The van der Waals surface area contributed by atoms with Crippen molar-refractivity contribution in [3.8, 4) is 0 Å². The number of nitrogens with two attached hydrogens (primary N) is 1. The minimum atomic E-state index is -2.62. The third kappa shape index (κ3) is 6.52. The van der Waals surface area contributed by atoms with Crippen LogP contribution >= 0.6 is 15.9 Å². The minimum Gasteiger partial charge on any atom is -0.258 e. The van der Waals surface area contributed by atoms with Crippen LogP contribution in [0.15, 0.2) is 28.7 Å². The zero-order valence-corrected chi connectivity index (χ0v) is 9.27. The highest BCUT2D eigenvalue weighted by atomic mass is 79.9. The molecular formula is C6H7BrN2O4S. The maximum absolute atomic E-state index is 10.1. The third-order valence-electron chi connectivity index (χ3n) is 1.04. The van der Waals surface area contributed by atoms with Gasteiger partial charge in [-0.3, -0.25) is 10.1 Å². The van der Waals surface area contributed by atoms with Gasteiger partial charge in [-0.1, -0.05) is 15.9 Å². The van der Waals surface area contributed by atoms with Gasteiger partial charge < -0.3 is 0 Å². The highest BCUT2D eigenvalue weighted by Crippen LogP contribution is 2.15. The van der Waals surface area contributed by atoms with Crippen molar-refractivity contribution in [3.05, 3.63) is 38.9 Å². The van der Waals surface area contributed by atoms with Crippen LogP contribution in [0.25, 0.3) is 0 Å². The summed E-state index contributed by atoms with van der Waals surface area (Å²) in [6.45, 7) is 0. The second kappa shape index (κ2) is 6.46. The standard InChI is InChI=1S/C6H4BrNO2.H3NO2S/c7-5-1-3-6(4-2-5)8(9)10;1-4(2)3/h1-4H;4H,(H2,1,2,3). The average molecular weight is 283 g/mol. The van der Waals surface area contributed by atoms with Crippen molar-refractivity contribution in [2.75, 3.05) is 0 Å². The van der Waals surface area contributed by atoms with E-state index in [1.165, 1.54) is 12.1 Å². The molecule has 0 bridgehead atoms. The van der Waals surface area contributed by atoms with Crippen LogP contribution in [0, 0.1) is 10.1 Å². The molecule has 8 heteroatoms. The van der Waals surface area contributed by atoms with Gasteiger partial charge in [0.1, 0.15) is 0 Å². The van der Waals surface area contributed by atoms with Crippen molar-refractivity contribution in [1.82, 2.24) is 0 Å². The highest BCUT2D eigenvalue weighted by molar-refractivity contribution is 9.10. The molecule has 0 spiro atoms. The first-order chi connectivity index (χ1) is 6.43. The highest BCUT2D eigenvalue weighted by Gasteiger charge is 2.01. The molecule has 0 atom stereocenters. The predicted molar refractivity (Wildman–Crippen MR) is 55.3 cm³/mol. The van der Waals surface area contributed by atoms with E-state index in [1.807, 2.05) is 0 Å². The Bertz CT molecular complexity index is 368. The fourth-order valence-corrected chi connectivity index (χ4v) is 0.827. The van der Waals surface area contributed by atoms with Crippen LogP contribution in [-0.4, -0.2) is 13.3 Å². The number of non-ortho nitro benzene ring substituents is 1. The van der Waals surface area contributed by atoms with Crippen molar-refractivity contribution in [2.45, 2.75) is 0 Å². The average Bonchev–Trinajstić information content (AvgIpc) is 2.03. The van der Waals surface area contributed by atoms with Gasteiger partial charge in [-0.15, -0.1) is 0 Å². The van der Waals surface area contributed by atoms with Gasteiger partial charge in [0, 0.05) is 16.6 Å². The lowest BCUT2D eigenvalue weighted by Crippen LogP contribution is -1.85. The number of rotatable bonds is 1. The van der Waals surface area contributed by atoms with Crippen LogP contribution in [0.5, 0.6) is 0 Å². The van der Waals surface area contributed by atoms with E-state index < -0.39 is 15.8 Å². The van der Waals surface area contributed by atoms with Crippen LogP contribution in [0.1, 0.15) is 0 Å². The Labute approximate surface area is 90.1 Å². The number of nitrogens with zero attached hydrogens (tertiary/aromatic N) is 1. The summed E-state index contributed by atoms with van der Waals surface area (Å²) in [5.74, 6) is 0. The fraction of sp³-hybridized carbons (Fsp3) is 0. The van der Waals surface area contributed by atoms with Crippen LogP contribution in [0.2, 0.25) is 0 Å². The van der Waals surface area contributed by atoms with Crippen LogP contribution < -0.4 is 5.14 Å². The zero-order valence-electron chi connectivity index (χ0n) is 6.79. The Hall–Kier alpha value is -0.990. The molecule has 0 saturated carbocycles. The van der Waals surface area contributed by atoms with Crippen molar-refractivity contribution < 1.29 is 13.3 Å². The number of thiol groups is 1. The second-order valence-electron chi connectivity index (χ2n) is 2.02. The van der Waals surface area contributed by atoms with E-state index in [2.05, 4.69) is 21.1 Å². The van der Waals surface area contributed by atoms with E-state index in [0.717, 1.165) is 4.47 Å². The number of nitro groups is 1. The van der Waals surface area contributed by atoms with Crippen molar-refractivity contribution in [2.24, 2.45) is 5.14 Å². The summed E-state index contributed by atoms with van der Waals surface area (Å²) in [5, 5.41) is 14.2. The summed E-state index contributed by atoms with van der Waals surface area (Å²) in [4.78, 5) is 9.68. The SMILES string of the molecule is N[SH](=O)=O.O=[N+]([O-])c1ccc(Br)cc1. The first-order valence-electron chi connectivity index (χ1n) is 3.22. The largest absolute Gasteiger partial charge is 0.269 e. The molecule has 78 valence electrons. The van der Waals surface area contributed by atoms with E-state index in [4.69, 9.17) is 8.42 Å². The van der Waals surface area contributed by atoms with Gasteiger partial charge >= 0.3 is 0 Å². The molecular weight excluding hydrogens is 276 g/mol. The summed E-state index contributed by atoms with van der Waals surface area (Å²) in [6, 6.07) is 6.17. The molecule has 0 aliphatic rings. The van der Waals surface area contributed by atoms with Gasteiger partial charge in [0.25, 0.3) is 5.69 Å². The molecule has 1 aromatic rings. The van der Waals surface area contributed by atoms with Gasteiger partial charge in [0.05, 0.1) is 4.92 Å². The predicted octanol–water partition coefficient (Wildman–Crippen LogP) is 0.829. The Kier molecular flexibility index (Phi) is 6.00. The fourth-order valence-electron chi connectivity index (χ4n) is 0.563. The van der Waals surface area contributed by atoms with Crippen molar-refractivity contribution >= 4 is 32.5 Å². The lowest BCUT2D eigenvalue weighted by atomic mass is 10.3. The summed E-state index contributed by atoms with van der Waals surface area (Å²) in [7, 11) is -2.62. The maximum Gasteiger partial charge on any atom is 0.269 e. The Balaban J connectivity index is 0.000000364. The first kappa shape index (κ1) is 13.0. The summed E-state index contributed by atoms with van der Waals surface area (Å²) in [5.41, 5.74) is 0.114. The molecule has 0 heterocycles. The smallest absolute Gasteiger partial charge is 0.258 e. The molecule has 0 saturated heterocycles. The molecule has 0 aliphatic carbocycles. The Morgan fingerprint density at radius 2 is 1.64 bits per heavy atom. The third-order valence-corrected chi connectivity index (χ3v) is 1.57. The number of benzene rings is 1. The first-order valence-corrected chi connectivity index (χ1v) is 5.26. The normalized spacial score (nSPS) is 9.07. The topological polar surface area (TPSA) is 103 Å². The molecule has 1 rings (SSSR count). The Morgan fingerprint density at radius 3 is 1.93 bits per heavy atom. The van der Waals surface area contributed by atoms with Gasteiger partial charge in [-0.25, -0.2) is 13.6 Å². The number of hydrogen-bond acceptors (Lipinski definition) is 4. The summed E-state index contributed by atoms with van der Waals surface area (Å²) >= 11 is 3.17. The molecule has 0 radical (unpaired) electrons. The lowest BCUT2D eigenvalue weighted by molar-refractivity contribution is -0.384. The van der Waals surface area contributed by atoms with E-state index in [9.17, 15) is 10.1 Å². The van der Waals surface area contributed by atoms with E-state index in [0.29, 0.717) is 0 Å². The summed E-state index contributed by atoms with van der Waals surface area (Å²) in [6.07, 6.45) is 0. The number of hydrogen-bond donors (Lipinski definition) is 2. The second-order valence-corrected chi connectivity index (χ2v) is 3.51. The van der Waals surface area contributed by atoms with Crippen LogP contribution in [0.3, 0.4) is 0 Å². The molecule has 0 amide bonds. The van der Waals surface area contributed by atoms with Crippen molar-refractivity contribution in [3.63, 3.8) is 0 Å². The minimum absolute atomic E-state index is 0.114. The molecule has 0 aromatic heterocycles. The van der Waals surface area contributed by atoms with Gasteiger partial charge in [-0.05, 0) is 12.1 Å². The molecule has 6 nitrogen and oxygen atoms in total. The van der Waals surface area contributed by atoms with Crippen LogP contribution in [-0.2, 0) is 10.9 Å². The van der Waals surface area contributed by atoms with Gasteiger partial charge in [0.2, 0.25) is 0 Å². The number of nitro benzene ring substituents is 1. The zero-order chi connectivity index (χ0) is 11.1. The molecule has 0 unspecified atom stereocenters. The number of halogens is 1. The van der Waals surface area contributed by atoms with E-state index >= 15 is 0 Å². The Morgan fingerprint density at radius 1 is 1.29 bits per heavy atom. The monoisotopic (exact) mass is 282 g/mol. The lowest BCUT2D eigenvalue weighted by Gasteiger charge is -1.88.